The standard InChI is InChI=1S/C12H10.C9H13.C5H10N.C2H7Si.Ti/c1-3-7-11(8-4-1)12-9-5-2-6-10-12;1-6-5-7(2)9(4)8(6)3;6-5-3-1-2-4-5;1-3-2;/h1-10H;6H,1-4H3;5-6H,1-4H2;3H,1-2H3;/q;;-1;;+1. The number of rotatable bonds is 5. The topological polar surface area (TPSA) is 12.0 Å². The number of allylic oxidation sites excluding steroid dienone is 4. The summed E-state index contributed by atoms with van der Waals surface area (Å²) in [5.41, 5.74) is 7.44. The van der Waals surface area contributed by atoms with E-state index in [1.54, 1.807) is 16.7 Å². The molecule has 0 spiro atoms. The number of hydrogen-bond acceptors (Lipinski definition) is 1. The Morgan fingerprint density at radius 3 is 1.65 bits per heavy atom. The Morgan fingerprint density at radius 1 is 0.774 bits per heavy atom. The second-order valence-corrected chi connectivity index (χ2v) is 22.2. The predicted octanol–water partition coefficient (Wildman–Crippen LogP) is 7.65. The maximum absolute atomic E-state index is 4.20. The van der Waals surface area contributed by atoms with Crippen LogP contribution in [0, 0.1) is 5.92 Å². The summed E-state index contributed by atoms with van der Waals surface area (Å²) >= 11 is -1.19. The van der Waals surface area contributed by atoms with Crippen molar-refractivity contribution in [1.82, 2.24) is 3.80 Å². The number of hydrogen-bond donors (Lipinski definition) is 1. The normalized spacial score (nSPS) is 19.1. The van der Waals surface area contributed by atoms with Gasteiger partial charge in [-0.25, -0.2) is 0 Å². The van der Waals surface area contributed by atoms with Crippen LogP contribution in [0.2, 0.25) is 13.1 Å². The third kappa shape index (κ3) is 6.20. The third-order valence-corrected chi connectivity index (χ3v) is 18.9. The van der Waals surface area contributed by atoms with Crippen molar-refractivity contribution in [3.63, 3.8) is 0 Å². The number of nitrogens with one attached hydrogen (secondary N) is 1. The minimum atomic E-state index is -1.19. The van der Waals surface area contributed by atoms with E-state index in [0.717, 1.165) is 12.0 Å². The van der Waals surface area contributed by atoms with Crippen LogP contribution in [0.15, 0.2) is 81.3 Å². The van der Waals surface area contributed by atoms with Gasteiger partial charge in [0.2, 0.25) is 0 Å². The fourth-order valence-electron chi connectivity index (χ4n) is 4.91. The van der Waals surface area contributed by atoms with Crippen LogP contribution >= 0.6 is 0 Å². The molecule has 2 aromatic rings. The summed E-state index contributed by atoms with van der Waals surface area (Å²) in [6.07, 6.45) is 5.77. The van der Waals surface area contributed by atoms with Gasteiger partial charge in [0.25, 0.3) is 0 Å². The number of benzene rings is 2. The average molecular weight is 467 g/mol. The van der Waals surface area contributed by atoms with Gasteiger partial charge < -0.3 is 0 Å². The molecule has 0 bridgehead atoms. The van der Waals surface area contributed by atoms with Crippen LogP contribution in [0.3, 0.4) is 0 Å². The Labute approximate surface area is 198 Å². The third-order valence-electron chi connectivity index (χ3n) is 7.10. The Bertz CT molecular complexity index is 858. The van der Waals surface area contributed by atoms with E-state index in [2.05, 4.69) is 93.1 Å². The van der Waals surface area contributed by atoms with E-state index >= 15 is 0 Å². The van der Waals surface area contributed by atoms with Crippen molar-refractivity contribution in [3.8, 4) is 11.1 Å². The van der Waals surface area contributed by atoms with Crippen molar-refractivity contribution < 1.29 is 17.4 Å². The molecule has 165 valence electrons. The Morgan fingerprint density at radius 2 is 1.26 bits per heavy atom. The molecule has 0 aromatic heterocycles. The minimum Gasteiger partial charge on any atom is -0.0622 e. The predicted molar refractivity (Wildman–Crippen MR) is 136 cm³/mol. The van der Waals surface area contributed by atoms with E-state index < -0.39 is 24.0 Å². The summed E-state index contributed by atoms with van der Waals surface area (Å²) in [5.74, 6) is 0.735. The van der Waals surface area contributed by atoms with Crippen LogP contribution < -0.4 is 3.80 Å². The molecule has 2 aliphatic carbocycles. The van der Waals surface area contributed by atoms with Gasteiger partial charge in [0.1, 0.15) is 0 Å². The minimum absolute atomic E-state index is 0.555. The van der Waals surface area contributed by atoms with Crippen molar-refractivity contribution in [2.24, 2.45) is 5.92 Å². The van der Waals surface area contributed by atoms with E-state index in [9.17, 15) is 0 Å². The Kier molecular flexibility index (Phi) is 9.16. The summed E-state index contributed by atoms with van der Waals surface area (Å²) in [7, 11) is 0. The first-order valence-electron chi connectivity index (χ1n) is 12.0. The molecular weight excluding hydrogens is 426 g/mol. The smallest absolute Gasteiger partial charge is 0.0184 e. The van der Waals surface area contributed by atoms with Gasteiger partial charge in [0, 0.05) is 0 Å². The van der Waals surface area contributed by atoms with Gasteiger partial charge in [0.05, 0.1) is 0 Å². The molecule has 0 amide bonds. The largest absolute Gasteiger partial charge is 0.0622 e. The molecule has 31 heavy (non-hydrogen) atoms. The van der Waals surface area contributed by atoms with Crippen LogP contribution in [-0.4, -0.2) is 12.7 Å². The molecule has 0 aliphatic heterocycles. The first-order valence-corrected chi connectivity index (χ1v) is 19.2. The first-order chi connectivity index (χ1) is 14.9. The van der Waals surface area contributed by atoms with Crippen LogP contribution in [0.1, 0.15) is 53.4 Å². The summed E-state index contributed by atoms with van der Waals surface area (Å²) < 4.78 is 6.10. The van der Waals surface area contributed by atoms with E-state index in [1.165, 1.54) is 36.8 Å². The molecule has 0 heterocycles. The molecule has 3 heteroatoms. The summed E-state index contributed by atoms with van der Waals surface area (Å²) in [6.45, 7) is 14.1. The second kappa shape index (κ2) is 11.6. The van der Waals surface area contributed by atoms with E-state index in [4.69, 9.17) is 0 Å². The molecule has 1 unspecified atom stereocenters. The average Bonchev–Trinajstić information content (AvgIpc) is 3.37. The van der Waals surface area contributed by atoms with E-state index in [0.29, 0.717) is 0 Å². The molecule has 4 rings (SSSR count). The first kappa shape index (κ1) is 24.5. The van der Waals surface area contributed by atoms with Crippen molar-refractivity contribution >= 4 is 6.66 Å². The van der Waals surface area contributed by atoms with Crippen molar-refractivity contribution in [2.45, 2.75) is 72.5 Å². The molecule has 2 aromatic carbocycles. The monoisotopic (exact) mass is 466 g/mol. The summed E-state index contributed by atoms with van der Waals surface area (Å²) in [4.78, 5) is 0. The molecule has 1 saturated carbocycles. The fraction of sp³-hybridized carbons (Fsp3) is 0.429. The maximum Gasteiger partial charge on any atom is -0.0184 e. The molecule has 1 fully saturated rings. The molecular formula is C28H40NSiTi. The maximum atomic E-state index is 4.20. The van der Waals surface area contributed by atoms with E-state index in [-0.39, 0.29) is 0 Å². The quantitative estimate of drug-likeness (QED) is 0.446. The summed E-state index contributed by atoms with van der Waals surface area (Å²) in [5, 5.41) is 0. The Hall–Kier alpha value is -1.19. The SMILES string of the molecule is CC1=C(C)C(C)[C]([Ti]([NH]C2CCCC2)[SiH](C)C)=C1C.c1ccc(-c2ccccc2)cc1. The van der Waals surface area contributed by atoms with Crippen LogP contribution in [0.5, 0.6) is 0 Å². The van der Waals surface area contributed by atoms with Gasteiger partial charge >= 0.3 is 127 Å². The van der Waals surface area contributed by atoms with Gasteiger partial charge in [0.15, 0.2) is 0 Å². The zero-order valence-corrected chi connectivity index (χ0v) is 23.1. The molecule has 1 nitrogen and oxygen atoms in total. The van der Waals surface area contributed by atoms with Gasteiger partial charge in [-0.05, 0) is 11.1 Å². The molecule has 0 saturated heterocycles. The fourth-order valence-corrected chi connectivity index (χ4v) is 16.6. The van der Waals surface area contributed by atoms with Crippen LogP contribution in [0.25, 0.3) is 11.1 Å². The zero-order valence-electron chi connectivity index (χ0n) is 20.3. The van der Waals surface area contributed by atoms with Gasteiger partial charge in [-0.15, -0.1) is 0 Å². The molecule has 1 N–H and O–H groups in total. The molecule has 1 atom stereocenters. The molecule has 2 aliphatic rings. The van der Waals surface area contributed by atoms with Gasteiger partial charge in [-0.1, -0.05) is 60.7 Å². The van der Waals surface area contributed by atoms with E-state index in [1.807, 2.05) is 16.0 Å². The molecule has 0 radical (unpaired) electrons. The van der Waals surface area contributed by atoms with Crippen LogP contribution in [0.4, 0.5) is 0 Å². The zero-order chi connectivity index (χ0) is 22.4. The van der Waals surface area contributed by atoms with Crippen LogP contribution in [-0.2, 0) is 17.4 Å². The van der Waals surface area contributed by atoms with Gasteiger partial charge in [-0.2, -0.15) is 0 Å². The van der Waals surface area contributed by atoms with Crippen molar-refractivity contribution in [2.75, 3.05) is 0 Å². The Balaban J connectivity index is 0.000000194. The van der Waals surface area contributed by atoms with Crippen molar-refractivity contribution in [1.29, 1.82) is 0 Å². The summed E-state index contributed by atoms with van der Waals surface area (Å²) in [6, 6.07) is 21.6. The van der Waals surface area contributed by atoms with Crippen molar-refractivity contribution in [3.05, 3.63) is 81.3 Å². The second-order valence-electron chi connectivity index (χ2n) is 9.49. The van der Waals surface area contributed by atoms with Gasteiger partial charge in [-0.3, -0.25) is 0 Å².